The van der Waals surface area contributed by atoms with Gasteiger partial charge in [-0.1, -0.05) is 17.7 Å². The second-order valence-electron chi connectivity index (χ2n) is 6.69. The van der Waals surface area contributed by atoms with Crippen molar-refractivity contribution >= 4 is 17.4 Å². The van der Waals surface area contributed by atoms with Crippen molar-refractivity contribution in [3.8, 4) is 0 Å². The average molecular weight is 387 g/mol. The number of rotatable bonds is 4. The second kappa shape index (κ2) is 7.62. The molecule has 1 aliphatic rings. The van der Waals surface area contributed by atoms with Gasteiger partial charge in [0.1, 0.15) is 11.6 Å². The van der Waals surface area contributed by atoms with Gasteiger partial charge in [-0.3, -0.25) is 14.6 Å². The minimum atomic E-state index is -0.402. The van der Waals surface area contributed by atoms with Crippen molar-refractivity contribution in [3.05, 3.63) is 71.2 Å². The molecule has 0 saturated carbocycles. The average Bonchev–Trinajstić information content (AvgIpc) is 3.10. The highest BCUT2D eigenvalue weighted by molar-refractivity contribution is 6.30. The van der Waals surface area contributed by atoms with Crippen LogP contribution in [0.15, 0.2) is 49.2 Å². The summed E-state index contributed by atoms with van der Waals surface area (Å²) in [7, 11) is 1.91. The lowest BCUT2D eigenvalue weighted by molar-refractivity contribution is 0.168. The molecule has 1 unspecified atom stereocenters. The first-order chi connectivity index (χ1) is 13.1. The predicted octanol–water partition coefficient (Wildman–Crippen LogP) is 3.07. The number of nitrogens with zero attached hydrogens (tertiary/aromatic N) is 6. The SMILES string of the molecule is Cn1cc(CN2CCN(c3cnccn3)CC2c2ccc(F)c(Cl)c2)cn1. The summed E-state index contributed by atoms with van der Waals surface area (Å²) in [4.78, 5) is 13.2. The van der Waals surface area contributed by atoms with Crippen LogP contribution in [0.3, 0.4) is 0 Å². The predicted molar refractivity (Wildman–Crippen MR) is 102 cm³/mol. The van der Waals surface area contributed by atoms with Gasteiger partial charge >= 0.3 is 0 Å². The minimum Gasteiger partial charge on any atom is -0.352 e. The number of hydrogen-bond donors (Lipinski definition) is 0. The Morgan fingerprint density at radius 2 is 2.11 bits per heavy atom. The standard InChI is InChI=1S/C19H20ClFN6/c1-25-11-14(9-24-25)12-26-6-7-27(19-10-22-4-5-23-19)13-18(26)15-2-3-17(21)16(20)8-15/h2-5,8-11,18H,6-7,12-13H2,1H3. The van der Waals surface area contributed by atoms with E-state index in [2.05, 4.69) is 24.9 Å². The maximum Gasteiger partial charge on any atom is 0.147 e. The Balaban J connectivity index is 1.62. The van der Waals surface area contributed by atoms with Gasteiger partial charge in [-0.05, 0) is 17.7 Å². The molecule has 1 saturated heterocycles. The van der Waals surface area contributed by atoms with Crippen LogP contribution in [0.25, 0.3) is 0 Å². The molecule has 1 atom stereocenters. The third-order valence-corrected chi connectivity index (χ3v) is 5.13. The summed E-state index contributed by atoms with van der Waals surface area (Å²) in [6.07, 6.45) is 9.03. The van der Waals surface area contributed by atoms with E-state index in [-0.39, 0.29) is 11.1 Å². The fraction of sp³-hybridized carbons (Fsp3) is 0.316. The van der Waals surface area contributed by atoms with Gasteiger partial charge in [-0.2, -0.15) is 5.10 Å². The molecule has 0 aliphatic carbocycles. The van der Waals surface area contributed by atoms with Crippen LogP contribution in [0.5, 0.6) is 0 Å². The van der Waals surface area contributed by atoms with Crippen LogP contribution in [0.4, 0.5) is 10.2 Å². The topological polar surface area (TPSA) is 50.1 Å². The maximum atomic E-state index is 13.7. The van der Waals surface area contributed by atoms with Crippen molar-refractivity contribution in [2.24, 2.45) is 7.05 Å². The van der Waals surface area contributed by atoms with Crippen molar-refractivity contribution in [1.29, 1.82) is 0 Å². The Morgan fingerprint density at radius 1 is 1.22 bits per heavy atom. The van der Waals surface area contributed by atoms with Gasteiger partial charge in [0.25, 0.3) is 0 Å². The summed E-state index contributed by atoms with van der Waals surface area (Å²) in [5.41, 5.74) is 2.13. The molecule has 0 bridgehead atoms. The molecule has 1 aliphatic heterocycles. The van der Waals surface area contributed by atoms with Crippen molar-refractivity contribution in [2.75, 3.05) is 24.5 Å². The largest absolute Gasteiger partial charge is 0.352 e. The molecule has 1 fully saturated rings. The molecule has 0 N–H and O–H groups in total. The molecule has 2 aromatic heterocycles. The van der Waals surface area contributed by atoms with Gasteiger partial charge in [0.2, 0.25) is 0 Å². The van der Waals surface area contributed by atoms with Crippen LogP contribution in [0, 0.1) is 5.82 Å². The zero-order chi connectivity index (χ0) is 18.8. The van der Waals surface area contributed by atoms with E-state index in [1.165, 1.54) is 6.07 Å². The van der Waals surface area contributed by atoms with E-state index in [0.29, 0.717) is 0 Å². The van der Waals surface area contributed by atoms with Crippen LogP contribution in [-0.4, -0.2) is 44.3 Å². The van der Waals surface area contributed by atoms with Gasteiger partial charge in [-0.25, -0.2) is 9.37 Å². The number of hydrogen-bond acceptors (Lipinski definition) is 5. The van der Waals surface area contributed by atoms with E-state index in [1.807, 2.05) is 25.5 Å². The van der Waals surface area contributed by atoms with Gasteiger partial charge in [0.05, 0.1) is 23.5 Å². The Hall–Kier alpha value is -2.51. The Labute approximate surface area is 162 Å². The van der Waals surface area contributed by atoms with Gasteiger partial charge in [-0.15, -0.1) is 0 Å². The number of aryl methyl sites for hydroxylation is 1. The fourth-order valence-corrected chi connectivity index (χ4v) is 3.69. The number of aromatic nitrogens is 4. The maximum absolute atomic E-state index is 13.7. The van der Waals surface area contributed by atoms with Gasteiger partial charge in [0.15, 0.2) is 0 Å². The Bertz CT molecular complexity index is 916. The first kappa shape index (κ1) is 17.9. The van der Waals surface area contributed by atoms with Crippen molar-refractivity contribution in [1.82, 2.24) is 24.6 Å². The van der Waals surface area contributed by atoms with E-state index in [4.69, 9.17) is 11.6 Å². The molecule has 140 valence electrons. The molecule has 0 spiro atoms. The monoisotopic (exact) mass is 386 g/mol. The zero-order valence-electron chi connectivity index (χ0n) is 15.0. The molecule has 8 heteroatoms. The first-order valence-electron chi connectivity index (χ1n) is 8.77. The van der Waals surface area contributed by atoms with E-state index in [1.54, 1.807) is 29.3 Å². The number of benzene rings is 1. The lowest BCUT2D eigenvalue weighted by atomic mass is 10.0. The second-order valence-corrected chi connectivity index (χ2v) is 7.10. The molecule has 6 nitrogen and oxygen atoms in total. The van der Waals surface area contributed by atoms with Crippen LogP contribution in [0.2, 0.25) is 5.02 Å². The summed E-state index contributed by atoms with van der Waals surface area (Å²) in [5, 5.41) is 4.40. The third kappa shape index (κ3) is 3.94. The molecular formula is C19H20ClFN6. The highest BCUT2D eigenvalue weighted by atomic mass is 35.5. The first-order valence-corrected chi connectivity index (χ1v) is 9.15. The summed E-state index contributed by atoms with van der Waals surface area (Å²) in [6.45, 7) is 3.16. The van der Waals surface area contributed by atoms with Crippen molar-refractivity contribution < 1.29 is 4.39 Å². The number of piperazine rings is 1. The summed E-state index contributed by atoms with van der Waals surface area (Å²) in [6, 6.07) is 5.01. The lowest BCUT2D eigenvalue weighted by Gasteiger charge is -2.42. The molecular weight excluding hydrogens is 367 g/mol. The molecule has 27 heavy (non-hydrogen) atoms. The quantitative estimate of drug-likeness (QED) is 0.689. The third-order valence-electron chi connectivity index (χ3n) is 4.84. The van der Waals surface area contributed by atoms with Crippen molar-refractivity contribution in [3.63, 3.8) is 0 Å². The molecule has 1 aromatic carbocycles. The highest BCUT2D eigenvalue weighted by Crippen LogP contribution is 2.31. The highest BCUT2D eigenvalue weighted by Gasteiger charge is 2.29. The van der Waals surface area contributed by atoms with E-state index in [9.17, 15) is 4.39 Å². The minimum absolute atomic E-state index is 0.0547. The lowest BCUT2D eigenvalue weighted by Crippen LogP contribution is -2.48. The number of halogens is 2. The van der Waals surface area contributed by atoms with E-state index in [0.717, 1.165) is 43.1 Å². The van der Waals surface area contributed by atoms with Crippen LogP contribution in [0.1, 0.15) is 17.2 Å². The van der Waals surface area contributed by atoms with Crippen LogP contribution < -0.4 is 4.90 Å². The van der Waals surface area contributed by atoms with Gasteiger partial charge < -0.3 is 4.90 Å². The molecule has 0 radical (unpaired) electrons. The van der Waals surface area contributed by atoms with E-state index < -0.39 is 5.82 Å². The number of anilines is 1. The summed E-state index contributed by atoms with van der Waals surface area (Å²) in [5.74, 6) is 0.442. The van der Waals surface area contributed by atoms with Crippen LogP contribution in [-0.2, 0) is 13.6 Å². The normalized spacial score (nSPS) is 18.0. The smallest absolute Gasteiger partial charge is 0.147 e. The Morgan fingerprint density at radius 3 is 2.81 bits per heavy atom. The molecule has 4 rings (SSSR count). The zero-order valence-corrected chi connectivity index (χ0v) is 15.7. The molecule has 0 amide bonds. The molecule has 3 heterocycles. The Kier molecular flexibility index (Phi) is 5.05. The van der Waals surface area contributed by atoms with Crippen molar-refractivity contribution in [2.45, 2.75) is 12.6 Å². The summed E-state index contributed by atoms with van der Waals surface area (Å²) < 4.78 is 15.5. The summed E-state index contributed by atoms with van der Waals surface area (Å²) >= 11 is 6.05. The molecule has 3 aromatic rings. The fourth-order valence-electron chi connectivity index (χ4n) is 3.50. The van der Waals surface area contributed by atoms with E-state index >= 15 is 0 Å². The van der Waals surface area contributed by atoms with Crippen LogP contribution >= 0.6 is 11.6 Å². The van der Waals surface area contributed by atoms with Gasteiger partial charge in [0, 0.05) is 57.4 Å².